The average Bonchev–Trinajstić information content (AvgIpc) is 3.08. The maximum atomic E-state index is 12.6. The maximum Gasteiger partial charge on any atom is 0.264 e. The highest BCUT2D eigenvalue weighted by Crippen LogP contribution is 2.26. The third-order valence-corrected chi connectivity index (χ3v) is 6.97. The van der Waals surface area contributed by atoms with Gasteiger partial charge in [0.25, 0.3) is 5.91 Å². The number of unbranched alkanes of at least 4 members (excludes halogenated alkanes) is 2. The van der Waals surface area contributed by atoms with Crippen LogP contribution in [0.1, 0.15) is 61.3 Å². The second-order valence-corrected chi connectivity index (χ2v) is 10.3. The van der Waals surface area contributed by atoms with Crippen molar-refractivity contribution in [3.05, 3.63) is 58.4 Å². The first-order valence-electron chi connectivity index (χ1n) is 11.2. The molecule has 1 amide bonds. The Morgan fingerprint density at radius 2 is 1.91 bits per heavy atom. The number of sulfonamides is 1. The van der Waals surface area contributed by atoms with Crippen molar-refractivity contribution in [3.8, 4) is 5.75 Å². The number of aromatic nitrogens is 2. The molecule has 0 unspecified atom stereocenters. The molecule has 0 aliphatic heterocycles. The van der Waals surface area contributed by atoms with Crippen molar-refractivity contribution in [1.82, 2.24) is 14.3 Å². The van der Waals surface area contributed by atoms with Crippen molar-refractivity contribution in [2.24, 2.45) is 0 Å². The summed E-state index contributed by atoms with van der Waals surface area (Å²) < 4.78 is 34.2. The van der Waals surface area contributed by atoms with Crippen LogP contribution in [0.15, 0.2) is 36.4 Å². The summed E-state index contributed by atoms with van der Waals surface area (Å²) in [6.45, 7) is 6.99. The van der Waals surface area contributed by atoms with Crippen LogP contribution in [0.5, 0.6) is 5.75 Å². The number of ether oxygens (including phenoxy) is 1. The smallest absolute Gasteiger partial charge is 0.264 e. The quantitative estimate of drug-likeness (QED) is 0.377. The number of hydrogen-bond acceptors (Lipinski definition) is 5. The van der Waals surface area contributed by atoms with Crippen LogP contribution >= 0.6 is 11.6 Å². The monoisotopic (exact) mass is 491 g/mol. The van der Waals surface area contributed by atoms with Gasteiger partial charge in [0.15, 0.2) is 0 Å². The molecule has 0 fully saturated rings. The molecule has 3 aromatic rings. The summed E-state index contributed by atoms with van der Waals surface area (Å²) in [5.41, 5.74) is 2.59. The fraction of sp³-hybridized carbons (Fsp3) is 0.417. The van der Waals surface area contributed by atoms with Crippen LogP contribution in [0.2, 0.25) is 5.02 Å². The Hall–Kier alpha value is -2.58. The Balaban J connectivity index is 1.84. The van der Waals surface area contributed by atoms with Gasteiger partial charge in [-0.05, 0) is 55.7 Å². The Bertz CT molecular complexity index is 1240. The van der Waals surface area contributed by atoms with Crippen LogP contribution in [0, 0.1) is 6.92 Å². The van der Waals surface area contributed by atoms with E-state index in [1.165, 1.54) is 0 Å². The van der Waals surface area contributed by atoms with Gasteiger partial charge in [0, 0.05) is 10.6 Å². The largest absolute Gasteiger partial charge is 0.494 e. The predicted molar refractivity (Wildman–Crippen MR) is 132 cm³/mol. The molecule has 0 bridgehead atoms. The number of carbonyl (C=O) groups excluding carboxylic acids is 1. The van der Waals surface area contributed by atoms with E-state index >= 15 is 0 Å². The number of nitrogens with zero attached hydrogens (tertiary/aromatic N) is 2. The molecule has 0 atom stereocenters. The van der Waals surface area contributed by atoms with Gasteiger partial charge in [0.1, 0.15) is 11.6 Å². The van der Waals surface area contributed by atoms with E-state index in [-0.39, 0.29) is 11.3 Å². The summed E-state index contributed by atoms with van der Waals surface area (Å²) in [5, 5.41) is 0.580. The van der Waals surface area contributed by atoms with Gasteiger partial charge in [-0.2, -0.15) is 0 Å². The van der Waals surface area contributed by atoms with Gasteiger partial charge in [-0.25, -0.2) is 18.1 Å². The van der Waals surface area contributed by atoms with Gasteiger partial charge in [0.05, 0.1) is 29.9 Å². The fourth-order valence-corrected chi connectivity index (χ4v) is 4.83. The fourth-order valence-electron chi connectivity index (χ4n) is 3.51. The molecule has 7 nitrogen and oxygen atoms in total. The Morgan fingerprint density at radius 3 is 2.61 bits per heavy atom. The van der Waals surface area contributed by atoms with Crippen molar-refractivity contribution >= 4 is 38.6 Å². The van der Waals surface area contributed by atoms with Crippen molar-refractivity contribution in [2.75, 3.05) is 12.4 Å². The molecule has 0 saturated heterocycles. The van der Waals surface area contributed by atoms with Crippen LogP contribution < -0.4 is 9.46 Å². The summed E-state index contributed by atoms with van der Waals surface area (Å²) in [5.74, 6) is 0.769. The number of fused-ring (bicyclic) bond motifs is 1. The summed E-state index contributed by atoms with van der Waals surface area (Å²) >= 11 is 6.49. The average molecular weight is 492 g/mol. The van der Waals surface area contributed by atoms with Crippen molar-refractivity contribution < 1.29 is 17.9 Å². The number of benzene rings is 2. The lowest BCUT2D eigenvalue weighted by Crippen LogP contribution is -2.32. The van der Waals surface area contributed by atoms with Crippen molar-refractivity contribution in [3.63, 3.8) is 0 Å². The van der Waals surface area contributed by atoms with Crippen LogP contribution in [0.3, 0.4) is 0 Å². The van der Waals surface area contributed by atoms with Gasteiger partial charge in [0.2, 0.25) is 10.0 Å². The van der Waals surface area contributed by atoms with Gasteiger partial charge >= 0.3 is 0 Å². The standard InChI is InChI=1S/C24H30ClN3O4S/c1-4-6-7-13-33(30,31)27-24(29)18-9-11-22-23(14-18)28(17(3)26-22)16-19-8-10-20(15-21(19)25)32-12-5-2/h8-11,14-15H,4-7,12-13,16H2,1-3H3,(H,27,29). The SMILES string of the molecule is CCCCCS(=O)(=O)NC(=O)c1ccc2nc(C)n(Cc3ccc(OCCC)cc3Cl)c2c1. The van der Waals surface area contributed by atoms with Gasteiger partial charge in [-0.1, -0.05) is 44.4 Å². The van der Waals surface area contributed by atoms with Gasteiger partial charge in [-0.3, -0.25) is 4.79 Å². The summed E-state index contributed by atoms with van der Waals surface area (Å²) in [6.07, 6.45) is 3.14. The number of amides is 1. The van der Waals surface area contributed by atoms with Gasteiger partial charge < -0.3 is 9.30 Å². The second kappa shape index (κ2) is 11.0. The third-order valence-electron chi connectivity index (χ3n) is 5.29. The lowest BCUT2D eigenvalue weighted by molar-refractivity contribution is 0.0981. The lowest BCUT2D eigenvalue weighted by Gasteiger charge is -2.12. The molecule has 3 rings (SSSR count). The predicted octanol–water partition coefficient (Wildman–Crippen LogP) is 5.09. The lowest BCUT2D eigenvalue weighted by atomic mass is 10.1. The molecule has 2 aromatic carbocycles. The first-order chi connectivity index (χ1) is 15.7. The number of nitrogens with one attached hydrogen (secondary N) is 1. The summed E-state index contributed by atoms with van der Waals surface area (Å²) in [7, 11) is -3.68. The number of imidazole rings is 1. The van der Waals surface area contributed by atoms with Crippen molar-refractivity contribution in [2.45, 2.75) is 53.0 Å². The van der Waals surface area contributed by atoms with E-state index in [1.54, 1.807) is 24.3 Å². The van der Waals surface area contributed by atoms with E-state index in [0.29, 0.717) is 30.1 Å². The minimum atomic E-state index is -3.68. The molecular weight excluding hydrogens is 462 g/mol. The molecule has 0 spiro atoms. The zero-order chi connectivity index (χ0) is 24.0. The van der Waals surface area contributed by atoms with E-state index in [9.17, 15) is 13.2 Å². The molecule has 1 aromatic heterocycles. The number of carbonyl (C=O) groups is 1. The number of rotatable bonds is 11. The minimum Gasteiger partial charge on any atom is -0.494 e. The molecule has 178 valence electrons. The van der Waals surface area contributed by atoms with Crippen LogP contribution in [0.25, 0.3) is 11.0 Å². The molecule has 33 heavy (non-hydrogen) atoms. The zero-order valence-electron chi connectivity index (χ0n) is 19.2. The first kappa shape index (κ1) is 25.1. The van der Waals surface area contributed by atoms with E-state index in [1.807, 2.05) is 37.5 Å². The number of aryl methyl sites for hydroxylation is 1. The third kappa shape index (κ3) is 6.48. The highest BCUT2D eigenvalue weighted by molar-refractivity contribution is 7.90. The molecule has 0 aliphatic carbocycles. The molecular formula is C24H30ClN3O4S. The minimum absolute atomic E-state index is 0.0671. The Morgan fingerprint density at radius 1 is 1.12 bits per heavy atom. The van der Waals surface area contributed by atoms with E-state index in [4.69, 9.17) is 16.3 Å². The molecule has 1 N–H and O–H groups in total. The van der Waals surface area contributed by atoms with E-state index in [2.05, 4.69) is 9.71 Å². The van der Waals surface area contributed by atoms with Crippen LogP contribution in [-0.2, 0) is 16.6 Å². The van der Waals surface area contributed by atoms with Crippen molar-refractivity contribution in [1.29, 1.82) is 0 Å². The Labute approximate surface area is 200 Å². The number of halogens is 1. The number of hydrogen-bond donors (Lipinski definition) is 1. The molecule has 0 saturated carbocycles. The maximum absolute atomic E-state index is 12.6. The highest BCUT2D eigenvalue weighted by atomic mass is 35.5. The van der Waals surface area contributed by atoms with Crippen LogP contribution in [-0.4, -0.2) is 36.2 Å². The molecule has 0 radical (unpaired) electrons. The summed E-state index contributed by atoms with van der Waals surface area (Å²) in [4.78, 5) is 17.2. The summed E-state index contributed by atoms with van der Waals surface area (Å²) in [6, 6.07) is 10.6. The van der Waals surface area contributed by atoms with E-state index in [0.717, 1.165) is 41.9 Å². The van der Waals surface area contributed by atoms with Crippen LogP contribution in [0.4, 0.5) is 0 Å². The van der Waals surface area contributed by atoms with E-state index < -0.39 is 15.9 Å². The topological polar surface area (TPSA) is 90.3 Å². The zero-order valence-corrected chi connectivity index (χ0v) is 20.8. The molecule has 9 heteroatoms. The molecule has 1 heterocycles. The first-order valence-corrected chi connectivity index (χ1v) is 13.2. The Kier molecular flexibility index (Phi) is 8.37. The normalized spacial score (nSPS) is 11.6. The highest BCUT2D eigenvalue weighted by Gasteiger charge is 2.18. The molecule has 0 aliphatic rings. The van der Waals surface area contributed by atoms with Gasteiger partial charge in [-0.15, -0.1) is 0 Å². The second-order valence-electron chi connectivity index (χ2n) is 8.01.